The number of aromatic nitrogens is 1. The van der Waals surface area contributed by atoms with E-state index in [2.05, 4.69) is 24.0 Å². The normalized spacial score (nSPS) is 19.4. The summed E-state index contributed by atoms with van der Waals surface area (Å²) < 4.78 is 23.1. The second-order valence-electron chi connectivity index (χ2n) is 9.89. The minimum Gasteiger partial charge on any atom is -0.479 e. The van der Waals surface area contributed by atoms with E-state index in [-0.39, 0.29) is 12.5 Å². The average Bonchev–Trinajstić information content (AvgIpc) is 3.17. The topological polar surface area (TPSA) is 91.0 Å². The predicted molar refractivity (Wildman–Crippen MR) is 130 cm³/mol. The van der Waals surface area contributed by atoms with Gasteiger partial charge in [0.2, 0.25) is 5.89 Å². The van der Waals surface area contributed by atoms with Gasteiger partial charge >= 0.3 is 5.97 Å². The van der Waals surface area contributed by atoms with Gasteiger partial charge in [-0.25, -0.2) is 9.78 Å². The highest BCUT2D eigenvalue weighted by Gasteiger charge is 2.24. The van der Waals surface area contributed by atoms with Gasteiger partial charge < -0.3 is 23.7 Å². The molecule has 0 bridgehead atoms. The number of aliphatic carboxylic acids is 1. The van der Waals surface area contributed by atoms with E-state index in [0.717, 1.165) is 42.7 Å². The number of carboxylic acid groups (broad SMARTS) is 1. The summed E-state index contributed by atoms with van der Waals surface area (Å²) in [6.45, 7) is 10.2. The van der Waals surface area contributed by atoms with Crippen LogP contribution >= 0.6 is 0 Å². The molecule has 3 rings (SSSR count). The SMILES string of the molecule is Cc1ccc(-c2nc(COCC3CCCC(COCC(OCC(C)C)C(=O)O)C3)c(C)o2)cc1. The number of aryl methyl sites for hydroxylation is 2. The molecular formula is C27H39NO6. The Morgan fingerprint density at radius 3 is 2.41 bits per heavy atom. The molecule has 1 heterocycles. The number of hydrogen-bond donors (Lipinski definition) is 1. The third-order valence-electron chi connectivity index (χ3n) is 6.20. The maximum Gasteiger partial charge on any atom is 0.335 e. The molecule has 1 saturated carbocycles. The van der Waals surface area contributed by atoms with Crippen molar-refractivity contribution in [2.75, 3.05) is 26.4 Å². The smallest absolute Gasteiger partial charge is 0.335 e. The first-order valence-corrected chi connectivity index (χ1v) is 12.3. The standard InChI is InChI=1S/C27H39NO6/c1-18(2)13-33-25(27(29)30)17-32-15-22-7-5-6-21(12-22)14-31-16-24-20(4)34-26(28-24)23-10-8-19(3)9-11-23/h8-11,18,21-22,25H,5-7,12-17H2,1-4H3,(H,29,30). The first kappa shape index (κ1) is 26.4. The molecule has 7 heteroatoms. The van der Waals surface area contributed by atoms with E-state index in [1.807, 2.05) is 32.9 Å². The van der Waals surface area contributed by atoms with Gasteiger partial charge in [-0.2, -0.15) is 0 Å². The highest BCUT2D eigenvalue weighted by Crippen LogP contribution is 2.30. The van der Waals surface area contributed by atoms with Crippen molar-refractivity contribution in [3.8, 4) is 11.5 Å². The number of ether oxygens (including phenoxy) is 3. The second kappa shape index (κ2) is 13.0. The van der Waals surface area contributed by atoms with Crippen LogP contribution in [0.3, 0.4) is 0 Å². The van der Waals surface area contributed by atoms with Gasteiger partial charge in [-0.1, -0.05) is 38.0 Å². The van der Waals surface area contributed by atoms with Crippen molar-refractivity contribution in [1.82, 2.24) is 4.98 Å². The second-order valence-corrected chi connectivity index (χ2v) is 9.89. The van der Waals surface area contributed by atoms with Crippen molar-refractivity contribution in [3.63, 3.8) is 0 Å². The first-order chi connectivity index (χ1) is 16.3. The fraction of sp³-hybridized carbons (Fsp3) is 0.630. The summed E-state index contributed by atoms with van der Waals surface area (Å²) in [4.78, 5) is 16.0. The number of benzene rings is 1. The summed E-state index contributed by atoms with van der Waals surface area (Å²) in [6.07, 6.45) is 3.49. The molecule has 34 heavy (non-hydrogen) atoms. The van der Waals surface area contributed by atoms with E-state index in [1.54, 1.807) is 0 Å². The Bertz CT molecular complexity index is 891. The minimum atomic E-state index is -0.968. The van der Waals surface area contributed by atoms with Gasteiger partial charge in [0.25, 0.3) is 0 Å². The van der Waals surface area contributed by atoms with Crippen molar-refractivity contribution in [3.05, 3.63) is 41.3 Å². The molecule has 1 aliphatic carbocycles. The maximum absolute atomic E-state index is 11.4. The zero-order valence-corrected chi connectivity index (χ0v) is 20.9. The summed E-state index contributed by atoms with van der Waals surface area (Å²) >= 11 is 0. The van der Waals surface area contributed by atoms with Gasteiger partial charge in [0.15, 0.2) is 6.10 Å². The monoisotopic (exact) mass is 473 g/mol. The largest absolute Gasteiger partial charge is 0.479 e. The summed E-state index contributed by atoms with van der Waals surface area (Å²) in [5, 5.41) is 9.32. The van der Waals surface area contributed by atoms with Crippen LogP contribution < -0.4 is 0 Å². The molecule has 1 N–H and O–H groups in total. The summed E-state index contributed by atoms with van der Waals surface area (Å²) in [5.41, 5.74) is 3.01. The van der Waals surface area contributed by atoms with Crippen LogP contribution in [-0.4, -0.2) is 48.6 Å². The highest BCUT2D eigenvalue weighted by atomic mass is 16.5. The fourth-order valence-electron chi connectivity index (χ4n) is 4.25. The van der Waals surface area contributed by atoms with Crippen LogP contribution in [0.4, 0.5) is 0 Å². The molecule has 1 fully saturated rings. The number of hydrogen-bond acceptors (Lipinski definition) is 6. The van der Waals surface area contributed by atoms with Crippen LogP contribution in [0.1, 0.15) is 56.5 Å². The molecule has 1 aliphatic rings. The first-order valence-electron chi connectivity index (χ1n) is 12.3. The molecule has 0 radical (unpaired) electrons. The van der Waals surface area contributed by atoms with Gasteiger partial charge in [-0.05, 0) is 63.0 Å². The lowest BCUT2D eigenvalue weighted by Crippen LogP contribution is -2.32. The molecule has 1 aromatic heterocycles. The van der Waals surface area contributed by atoms with Crippen molar-refractivity contribution < 1.29 is 28.5 Å². The highest BCUT2D eigenvalue weighted by molar-refractivity contribution is 5.72. The van der Waals surface area contributed by atoms with Crippen molar-refractivity contribution in [1.29, 1.82) is 0 Å². The molecule has 0 saturated heterocycles. The predicted octanol–water partition coefficient (Wildman–Crippen LogP) is 5.42. The zero-order chi connectivity index (χ0) is 24.5. The summed E-state index contributed by atoms with van der Waals surface area (Å²) in [6, 6.07) is 8.14. The Balaban J connectivity index is 1.40. The molecule has 0 aliphatic heterocycles. The van der Waals surface area contributed by atoms with E-state index in [9.17, 15) is 9.90 Å². The Morgan fingerprint density at radius 1 is 1.09 bits per heavy atom. The molecule has 3 atom stereocenters. The van der Waals surface area contributed by atoms with Gasteiger partial charge in [0.1, 0.15) is 11.5 Å². The summed E-state index contributed by atoms with van der Waals surface area (Å²) in [5.74, 6) is 1.63. The molecule has 0 spiro atoms. The van der Waals surface area contributed by atoms with Gasteiger partial charge in [-0.15, -0.1) is 0 Å². The van der Waals surface area contributed by atoms with E-state index >= 15 is 0 Å². The van der Waals surface area contributed by atoms with Gasteiger partial charge in [0.05, 0.1) is 19.8 Å². The van der Waals surface area contributed by atoms with Gasteiger partial charge in [-0.3, -0.25) is 0 Å². The molecule has 188 valence electrons. The van der Waals surface area contributed by atoms with Crippen molar-refractivity contribution in [2.24, 2.45) is 17.8 Å². The van der Waals surface area contributed by atoms with E-state index in [1.165, 1.54) is 5.56 Å². The number of carboxylic acids is 1. The van der Waals surface area contributed by atoms with Crippen LogP contribution in [0.2, 0.25) is 0 Å². The Labute approximate surface area is 202 Å². The number of carbonyl (C=O) groups is 1. The lowest BCUT2D eigenvalue weighted by Gasteiger charge is -2.29. The molecule has 1 aromatic carbocycles. The molecule has 0 amide bonds. The maximum atomic E-state index is 11.4. The van der Waals surface area contributed by atoms with Gasteiger partial charge in [0, 0.05) is 18.8 Å². The van der Waals surface area contributed by atoms with E-state index < -0.39 is 12.1 Å². The zero-order valence-electron chi connectivity index (χ0n) is 20.9. The number of rotatable bonds is 13. The van der Waals surface area contributed by atoms with E-state index in [0.29, 0.717) is 44.2 Å². The fourth-order valence-corrected chi connectivity index (χ4v) is 4.25. The lowest BCUT2D eigenvalue weighted by molar-refractivity contribution is -0.156. The van der Waals surface area contributed by atoms with E-state index in [4.69, 9.17) is 18.6 Å². The lowest BCUT2D eigenvalue weighted by atomic mass is 9.82. The van der Waals surface area contributed by atoms with Crippen LogP contribution in [0.25, 0.3) is 11.5 Å². The molecule has 3 unspecified atom stereocenters. The third kappa shape index (κ3) is 8.22. The molecule has 7 nitrogen and oxygen atoms in total. The summed E-state index contributed by atoms with van der Waals surface area (Å²) in [7, 11) is 0. The third-order valence-corrected chi connectivity index (χ3v) is 6.20. The average molecular weight is 474 g/mol. The molecule has 2 aromatic rings. The van der Waals surface area contributed by atoms with Crippen LogP contribution in [-0.2, 0) is 25.6 Å². The number of nitrogens with zero attached hydrogens (tertiary/aromatic N) is 1. The Hall–Kier alpha value is -2.22. The minimum absolute atomic E-state index is 0.0917. The van der Waals surface area contributed by atoms with Crippen LogP contribution in [0.15, 0.2) is 28.7 Å². The quantitative estimate of drug-likeness (QED) is 0.415. The van der Waals surface area contributed by atoms with Crippen molar-refractivity contribution in [2.45, 2.75) is 66.1 Å². The van der Waals surface area contributed by atoms with Crippen LogP contribution in [0.5, 0.6) is 0 Å². The number of oxazole rings is 1. The Morgan fingerprint density at radius 2 is 1.76 bits per heavy atom. The van der Waals surface area contributed by atoms with Crippen molar-refractivity contribution >= 4 is 5.97 Å². The van der Waals surface area contributed by atoms with Crippen LogP contribution in [0, 0.1) is 31.6 Å². The molecular weight excluding hydrogens is 434 g/mol. The Kier molecular flexibility index (Phi) is 10.1.